The fourth-order valence-corrected chi connectivity index (χ4v) is 3.58. The van der Waals surface area contributed by atoms with Gasteiger partial charge in [0.25, 0.3) is 0 Å². The average molecular weight is 386 g/mol. The molecule has 6 heteroatoms. The number of hydrogen-bond donors (Lipinski definition) is 0. The molecule has 2 heterocycles. The van der Waals surface area contributed by atoms with E-state index in [2.05, 4.69) is 4.90 Å². The highest BCUT2D eigenvalue weighted by molar-refractivity contribution is 6.32. The third-order valence-corrected chi connectivity index (χ3v) is 5.15. The van der Waals surface area contributed by atoms with Crippen LogP contribution >= 0.6 is 11.6 Å². The Bertz CT molecular complexity index is 938. The summed E-state index contributed by atoms with van der Waals surface area (Å²) in [4.78, 5) is 15.0. The number of fused-ring (bicyclic) bond motifs is 2. The Balaban J connectivity index is 1.67. The summed E-state index contributed by atoms with van der Waals surface area (Å²) in [5.74, 6) is 1.52. The molecule has 2 aromatic carbocycles. The smallest absolute Gasteiger partial charge is 0.231 e. The minimum atomic E-state index is -0.134. The average Bonchev–Trinajstić information content (AvgIpc) is 2.98. The van der Waals surface area contributed by atoms with Crippen molar-refractivity contribution in [2.24, 2.45) is 0 Å². The third kappa shape index (κ3) is 3.34. The molecule has 0 fully saturated rings. The van der Waals surface area contributed by atoms with Crippen molar-refractivity contribution in [3.05, 3.63) is 63.4 Å². The third-order valence-electron chi connectivity index (χ3n) is 4.81. The minimum absolute atomic E-state index is 0.134. The number of carbonyl (C=O) groups excluding carboxylic acids is 1. The first-order chi connectivity index (χ1) is 13.1. The van der Waals surface area contributed by atoms with Gasteiger partial charge in [0.05, 0.1) is 12.2 Å². The number of ether oxygens (including phenoxy) is 3. The quantitative estimate of drug-likeness (QED) is 0.743. The molecule has 27 heavy (non-hydrogen) atoms. The van der Waals surface area contributed by atoms with Gasteiger partial charge < -0.3 is 14.2 Å². The molecule has 4 rings (SSSR count). The second-order valence-electron chi connectivity index (χ2n) is 6.65. The molecule has 5 nitrogen and oxygen atoms in total. The highest BCUT2D eigenvalue weighted by atomic mass is 35.5. The van der Waals surface area contributed by atoms with E-state index >= 15 is 0 Å². The van der Waals surface area contributed by atoms with E-state index in [0.717, 1.165) is 29.0 Å². The summed E-state index contributed by atoms with van der Waals surface area (Å²) in [6.45, 7) is 4.54. The SMILES string of the molecule is COCCN1COc2c(cc3c(c2C)O/C(=C\c2ccccc2Cl)C3=O)C1. The van der Waals surface area contributed by atoms with Gasteiger partial charge in [-0.15, -0.1) is 0 Å². The summed E-state index contributed by atoms with van der Waals surface area (Å²) in [5.41, 5.74) is 3.16. The van der Waals surface area contributed by atoms with E-state index in [-0.39, 0.29) is 11.5 Å². The number of nitrogens with zero attached hydrogens (tertiary/aromatic N) is 1. The molecule has 2 aliphatic heterocycles. The monoisotopic (exact) mass is 385 g/mol. The number of benzene rings is 2. The molecule has 0 amide bonds. The maximum atomic E-state index is 12.9. The highest BCUT2D eigenvalue weighted by Gasteiger charge is 2.33. The van der Waals surface area contributed by atoms with Crippen LogP contribution in [0.3, 0.4) is 0 Å². The van der Waals surface area contributed by atoms with Gasteiger partial charge in [0.2, 0.25) is 5.78 Å². The fourth-order valence-electron chi connectivity index (χ4n) is 3.39. The molecule has 0 saturated carbocycles. The zero-order chi connectivity index (χ0) is 19.0. The van der Waals surface area contributed by atoms with E-state index < -0.39 is 0 Å². The van der Waals surface area contributed by atoms with Gasteiger partial charge in [-0.3, -0.25) is 9.69 Å². The molecular weight excluding hydrogens is 366 g/mol. The van der Waals surface area contributed by atoms with Crippen LogP contribution in [0.4, 0.5) is 0 Å². The van der Waals surface area contributed by atoms with Gasteiger partial charge in [-0.05, 0) is 30.7 Å². The van der Waals surface area contributed by atoms with E-state index in [1.165, 1.54) is 0 Å². The first-order valence-corrected chi connectivity index (χ1v) is 9.15. The standard InChI is InChI=1S/C21H20ClNO4/c1-13-20-15(11-23(12-26-20)7-8-25-2)9-16-19(24)18(27-21(13)16)10-14-5-3-4-6-17(14)22/h3-6,9-10H,7-8,11-12H2,1-2H3/b18-10-. The molecule has 0 aromatic heterocycles. The van der Waals surface area contributed by atoms with Crippen LogP contribution in [0.1, 0.15) is 27.0 Å². The molecule has 0 radical (unpaired) electrons. The Labute approximate surface area is 163 Å². The molecule has 0 atom stereocenters. The van der Waals surface area contributed by atoms with Gasteiger partial charge in [-0.1, -0.05) is 29.8 Å². The largest absolute Gasteiger partial charge is 0.477 e. The van der Waals surface area contributed by atoms with Crippen LogP contribution in [0.2, 0.25) is 5.02 Å². The molecule has 0 aliphatic carbocycles. The Morgan fingerprint density at radius 2 is 2.11 bits per heavy atom. The molecule has 2 aromatic rings. The summed E-state index contributed by atoms with van der Waals surface area (Å²) in [7, 11) is 1.68. The van der Waals surface area contributed by atoms with Crippen LogP contribution in [0.25, 0.3) is 6.08 Å². The molecule has 0 unspecified atom stereocenters. The van der Waals surface area contributed by atoms with Crippen LogP contribution < -0.4 is 9.47 Å². The maximum absolute atomic E-state index is 12.9. The van der Waals surface area contributed by atoms with Gasteiger partial charge in [0.15, 0.2) is 5.76 Å². The van der Waals surface area contributed by atoms with E-state index in [1.807, 2.05) is 31.2 Å². The fraction of sp³-hybridized carbons (Fsp3) is 0.286. The Morgan fingerprint density at radius 1 is 1.30 bits per heavy atom. The van der Waals surface area contributed by atoms with Crippen molar-refractivity contribution >= 4 is 23.5 Å². The van der Waals surface area contributed by atoms with Crippen LogP contribution in [0, 0.1) is 6.92 Å². The minimum Gasteiger partial charge on any atom is -0.477 e. The van der Waals surface area contributed by atoms with Gasteiger partial charge in [0, 0.05) is 36.3 Å². The zero-order valence-corrected chi connectivity index (χ0v) is 16.0. The second-order valence-corrected chi connectivity index (χ2v) is 7.05. The van der Waals surface area contributed by atoms with Gasteiger partial charge in [0.1, 0.15) is 18.2 Å². The van der Waals surface area contributed by atoms with Crippen molar-refractivity contribution in [3.8, 4) is 11.5 Å². The summed E-state index contributed by atoms with van der Waals surface area (Å²) >= 11 is 6.21. The second kappa shape index (κ2) is 7.35. The van der Waals surface area contributed by atoms with Crippen LogP contribution in [0.5, 0.6) is 11.5 Å². The predicted octanol–water partition coefficient (Wildman–Crippen LogP) is 4.06. The summed E-state index contributed by atoms with van der Waals surface area (Å²) in [5, 5.41) is 0.575. The number of Topliss-reactive ketones (excluding diaryl/α,β-unsaturated/α-hetero) is 1. The van der Waals surface area contributed by atoms with E-state index in [0.29, 0.717) is 36.2 Å². The molecule has 140 valence electrons. The molecule has 0 spiro atoms. The lowest BCUT2D eigenvalue weighted by atomic mass is 10.00. The van der Waals surface area contributed by atoms with Crippen LogP contribution in [-0.4, -0.2) is 37.7 Å². The first-order valence-electron chi connectivity index (χ1n) is 8.78. The Morgan fingerprint density at radius 3 is 2.89 bits per heavy atom. The number of methoxy groups -OCH3 is 1. The summed E-state index contributed by atoms with van der Waals surface area (Å²) in [6.07, 6.45) is 1.69. The lowest BCUT2D eigenvalue weighted by Crippen LogP contribution is -2.34. The van der Waals surface area contributed by atoms with E-state index in [1.54, 1.807) is 19.3 Å². The van der Waals surface area contributed by atoms with Gasteiger partial charge >= 0.3 is 0 Å². The topological polar surface area (TPSA) is 48.0 Å². The molecule has 0 N–H and O–H groups in total. The van der Waals surface area contributed by atoms with E-state index in [4.69, 9.17) is 25.8 Å². The number of carbonyl (C=O) groups is 1. The van der Waals surface area contributed by atoms with Crippen LogP contribution in [-0.2, 0) is 11.3 Å². The predicted molar refractivity (Wildman–Crippen MR) is 103 cm³/mol. The molecule has 2 aliphatic rings. The number of allylic oxidation sites excluding steroid dienone is 1. The van der Waals surface area contributed by atoms with Crippen LogP contribution in [0.15, 0.2) is 36.1 Å². The first kappa shape index (κ1) is 18.0. The van der Waals surface area contributed by atoms with Gasteiger partial charge in [-0.2, -0.15) is 0 Å². The Hall–Kier alpha value is -2.34. The lowest BCUT2D eigenvalue weighted by Gasteiger charge is -2.30. The van der Waals surface area contributed by atoms with Crippen molar-refractivity contribution in [1.29, 1.82) is 0 Å². The molecule has 0 bridgehead atoms. The number of ketones is 1. The van der Waals surface area contributed by atoms with Crippen molar-refractivity contribution in [2.45, 2.75) is 13.5 Å². The van der Waals surface area contributed by atoms with Crippen molar-refractivity contribution in [2.75, 3.05) is 27.0 Å². The summed E-state index contributed by atoms with van der Waals surface area (Å²) < 4.78 is 17.0. The summed E-state index contributed by atoms with van der Waals surface area (Å²) in [6, 6.07) is 9.24. The maximum Gasteiger partial charge on any atom is 0.231 e. The molecular formula is C21H20ClNO4. The van der Waals surface area contributed by atoms with Gasteiger partial charge in [-0.25, -0.2) is 0 Å². The van der Waals surface area contributed by atoms with Crippen molar-refractivity contribution in [3.63, 3.8) is 0 Å². The van der Waals surface area contributed by atoms with Crippen molar-refractivity contribution < 1.29 is 19.0 Å². The van der Waals surface area contributed by atoms with E-state index in [9.17, 15) is 4.79 Å². The molecule has 0 saturated heterocycles. The Kier molecular flexibility index (Phi) is 4.91. The number of halogens is 1. The normalized spacial score (nSPS) is 17.4. The lowest BCUT2D eigenvalue weighted by molar-refractivity contribution is 0.0649. The highest BCUT2D eigenvalue weighted by Crippen LogP contribution is 2.43. The number of rotatable bonds is 4. The number of hydrogen-bond acceptors (Lipinski definition) is 5. The zero-order valence-electron chi connectivity index (χ0n) is 15.3. The van der Waals surface area contributed by atoms with Crippen molar-refractivity contribution in [1.82, 2.24) is 4.90 Å².